The number of piperazine rings is 1. The van der Waals surface area contributed by atoms with Crippen LogP contribution >= 0.6 is 23.9 Å². The fraction of sp³-hybridized carbons (Fsp3) is 0.289. The van der Waals surface area contributed by atoms with E-state index in [9.17, 15) is 4.79 Å². The number of anilines is 6. The fourth-order valence-electron chi connectivity index (χ4n) is 6.66. The smallest absolute Gasteiger partial charge is 0.249 e. The summed E-state index contributed by atoms with van der Waals surface area (Å²) < 4.78 is 6.67. The van der Waals surface area contributed by atoms with Crippen molar-refractivity contribution in [3.05, 3.63) is 93.2 Å². The highest BCUT2D eigenvalue weighted by atomic mass is 79.9. The Morgan fingerprint density at radius 3 is 2.52 bits per heavy atom. The zero-order valence-corrected chi connectivity index (χ0v) is 32.1. The number of nitrogens with one attached hydrogen (secondary N) is 3. The van der Waals surface area contributed by atoms with E-state index in [0.717, 1.165) is 64.4 Å². The van der Waals surface area contributed by atoms with Gasteiger partial charge in [0, 0.05) is 121 Å². The van der Waals surface area contributed by atoms with Gasteiger partial charge in [0.05, 0.1) is 22.8 Å². The molecule has 7 rings (SSSR count). The second-order valence-corrected chi connectivity index (χ2v) is 16.1. The van der Waals surface area contributed by atoms with Gasteiger partial charge in [0.2, 0.25) is 11.5 Å². The molecule has 0 amide bonds. The predicted octanol–water partition coefficient (Wildman–Crippen LogP) is 6.54. The molecular weight excluding hydrogens is 739 g/mol. The van der Waals surface area contributed by atoms with Crippen molar-refractivity contribution in [3.8, 4) is 5.75 Å². The number of hydrogen-bond donors (Lipinski definition) is 4. The van der Waals surface area contributed by atoms with Gasteiger partial charge in [-0.25, -0.2) is 4.98 Å². The SMILES string of the molecule is CN=CC(=CN)c1cc(Nc2ncc(Br)c(Nc3ccc4nc(C5CC5)ccc4c3P(C)C)n2)c(OC)cc1N1CCN(c2cc[nH]c(=O)c2)CC1. The number of aromatic amines is 1. The summed E-state index contributed by atoms with van der Waals surface area (Å²) in [7, 11) is 2.90. The summed E-state index contributed by atoms with van der Waals surface area (Å²) in [6.07, 6.45) is 9.18. The molecule has 268 valence electrons. The van der Waals surface area contributed by atoms with Crippen LogP contribution in [0.2, 0.25) is 0 Å². The largest absolute Gasteiger partial charge is 0.494 e. The molecule has 14 heteroatoms. The Balaban J connectivity index is 1.18. The fourth-order valence-corrected chi connectivity index (χ4v) is 8.24. The molecule has 0 bridgehead atoms. The van der Waals surface area contributed by atoms with Gasteiger partial charge in [-0.3, -0.25) is 14.8 Å². The van der Waals surface area contributed by atoms with Crippen LogP contribution in [0, 0.1) is 0 Å². The zero-order valence-electron chi connectivity index (χ0n) is 29.7. The maximum atomic E-state index is 11.9. The number of fused-ring (bicyclic) bond motifs is 1. The number of hydrogen-bond acceptors (Lipinski definition) is 11. The van der Waals surface area contributed by atoms with Gasteiger partial charge in [-0.15, -0.1) is 0 Å². The molecule has 4 heterocycles. The lowest BCUT2D eigenvalue weighted by Crippen LogP contribution is -2.47. The molecule has 0 spiro atoms. The summed E-state index contributed by atoms with van der Waals surface area (Å²) in [6, 6.07) is 16.2. The molecule has 0 atom stereocenters. The molecule has 1 saturated heterocycles. The Kier molecular flexibility index (Phi) is 10.4. The van der Waals surface area contributed by atoms with Crippen molar-refractivity contribution in [3.63, 3.8) is 0 Å². The van der Waals surface area contributed by atoms with E-state index in [1.165, 1.54) is 29.2 Å². The minimum Gasteiger partial charge on any atom is -0.494 e. The molecule has 1 aliphatic heterocycles. The average Bonchev–Trinajstić information content (AvgIpc) is 4.01. The second-order valence-electron chi connectivity index (χ2n) is 13.0. The van der Waals surface area contributed by atoms with Gasteiger partial charge in [0.15, 0.2) is 0 Å². The highest BCUT2D eigenvalue weighted by Gasteiger charge is 2.26. The van der Waals surface area contributed by atoms with Gasteiger partial charge in [0.25, 0.3) is 0 Å². The van der Waals surface area contributed by atoms with Crippen LogP contribution in [0.5, 0.6) is 5.75 Å². The third kappa shape index (κ3) is 7.47. The van der Waals surface area contributed by atoms with E-state index in [1.54, 1.807) is 45.0 Å². The average molecular weight is 782 g/mol. The Hall–Kier alpha value is -5.00. The van der Waals surface area contributed by atoms with Gasteiger partial charge in [-0.05, 0) is 72.4 Å². The topological polar surface area (TPSA) is 150 Å². The van der Waals surface area contributed by atoms with E-state index in [1.807, 2.05) is 18.2 Å². The van der Waals surface area contributed by atoms with Gasteiger partial charge in [-0.1, -0.05) is 14.0 Å². The Bertz CT molecular complexity index is 2230. The Morgan fingerprint density at radius 2 is 1.83 bits per heavy atom. The highest BCUT2D eigenvalue weighted by molar-refractivity contribution is 9.10. The minimum absolute atomic E-state index is 0.112. The number of rotatable bonds is 11. The van der Waals surface area contributed by atoms with E-state index in [0.29, 0.717) is 29.1 Å². The molecule has 2 aliphatic rings. The molecule has 3 aromatic heterocycles. The van der Waals surface area contributed by atoms with Crippen LogP contribution in [0.1, 0.15) is 30.0 Å². The summed E-state index contributed by atoms with van der Waals surface area (Å²) in [5.41, 5.74) is 13.5. The Labute approximate surface area is 312 Å². The maximum absolute atomic E-state index is 11.9. The standard InChI is InChI=1S/C38H42BrN10O2P/c1-41-21-24(20-40)27-18-32(34(51-2)19-33(27)49-15-13-48(14-16-49)25-11-12-42-35(50)17-25)46-38-43-22-28(39)37(47-38)45-31-10-9-30-26(36(31)52(3)4)7-8-29(44-30)23-5-6-23/h7-12,17-23H,5-6,13-16,40H2,1-4H3,(H,42,50)(H2,43,45,46,47). The number of pyridine rings is 2. The van der Waals surface area contributed by atoms with Gasteiger partial charge in [0.1, 0.15) is 11.6 Å². The van der Waals surface area contributed by atoms with Crippen molar-refractivity contribution in [1.29, 1.82) is 0 Å². The van der Waals surface area contributed by atoms with Crippen LogP contribution < -0.4 is 41.8 Å². The summed E-state index contributed by atoms with van der Waals surface area (Å²) in [6.45, 7) is 7.47. The third-order valence-corrected chi connectivity index (χ3v) is 11.3. The van der Waals surface area contributed by atoms with Crippen molar-refractivity contribution in [2.24, 2.45) is 10.7 Å². The molecule has 1 saturated carbocycles. The molecule has 0 radical (unpaired) electrons. The number of benzene rings is 2. The zero-order chi connectivity index (χ0) is 36.4. The van der Waals surface area contributed by atoms with Crippen molar-refractivity contribution in [2.75, 3.05) is 74.1 Å². The lowest BCUT2D eigenvalue weighted by molar-refractivity contribution is 0.416. The molecular formula is C38H42BrN10O2P. The van der Waals surface area contributed by atoms with Crippen LogP contribution in [-0.4, -0.2) is 79.8 Å². The molecule has 2 aromatic carbocycles. The number of nitrogens with zero attached hydrogens (tertiary/aromatic N) is 6. The molecule has 0 unspecified atom stereocenters. The number of halogens is 1. The molecule has 5 aromatic rings. The highest BCUT2D eigenvalue weighted by Crippen LogP contribution is 2.42. The number of methoxy groups -OCH3 is 1. The van der Waals surface area contributed by atoms with Crippen molar-refractivity contribution >= 4 is 86.4 Å². The number of H-pyrrole nitrogens is 1. The van der Waals surface area contributed by atoms with E-state index in [2.05, 4.69) is 88.9 Å². The van der Waals surface area contributed by atoms with Crippen molar-refractivity contribution in [2.45, 2.75) is 18.8 Å². The summed E-state index contributed by atoms with van der Waals surface area (Å²) in [4.78, 5) is 37.9. The number of ether oxygens (including phenoxy) is 1. The number of aromatic nitrogens is 4. The first kappa shape index (κ1) is 35.4. The summed E-state index contributed by atoms with van der Waals surface area (Å²) in [5.74, 6) is 2.25. The first-order chi connectivity index (χ1) is 25.3. The van der Waals surface area contributed by atoms with E-state index >= 15 is 0 Å². The number of allylic oxidation sites excluding steroid dienone is 1. The summed E-state index contributed by atoms with van der Waals surface area (Å²) in [5, 5.41) is 9.42. The first-order valence-electron chi connectivity index (χ1n) is 17.2. The van der Waals surface area contributed by atoms with E-state index in [-0.39, 0.29) is 5.56 Å². The van der Waals surface area contributed by atoms with E-state index in [4.69, 9.17) is 20.4 Å². The normalized spacial score (nSPS) is 15.2. The first-order valence-corrected chi connectivity index (χ1v) is 20.2. The van der Waals surface area contributed by atoms with Crippen LogP contribution in [0.3, 0.4) is 0 Å². The second kappa shape index (κ2) is 15.3. The molecule has 5 N–H and O–H groups in total. The maximum Gasteiger partial charge on any atom is 0.249 e. The monoisotopic (exact) mass is 780 g/mol. The van der Waals surface area contributed by atoms with Crippen LogP contribution in [0.4, 0.5) is 34.5 Å². The van der Waals surface area contributed by atoms with Crippen molar-refractivity contribution in [1.82, 2.24) is 19.9 Å². The van der Waals surface area contributed by atoms with Crippen molar-refractivity contribution < 1.29 is 4.74 Å². The molecule has 1 aliphatic carbocycles. The quantitative estimate of drug-likeness (QED) is 0.0860. The lowest BCUT2D eigenvalue weighted by Gasteiger charge is -2.38. The number of aliphatic imine (C=N–C) groups is 1. The van der Waals surface area contributed by atoms with E-state index < -0.39 is 7.92 Å². The Morgan fingerprint density at radius 1 is 1.04 bits per heavy atom. The van der Waals surface area contributed by atoms with Gasteiger partial charge < -0.3 is 35.9 Å². The number of nitrogens with two attached hydrogens (primary N) is 1. The van der Waals surface area contributed by atoms with Crippen LogP contribution in [0.15, 0.2) is 81.4 Å². The summed E-state index contributed by atoms with van der Waals surface area (Å²) >= 11 is 3.67. The molecule has 52 heavy (non-hydrogen) atoms. The lowest BCUT2D eigenvalue weighted by atomic mass is 10.0. The minimum atomic E-state index is -0.465. The van der Waals surface area contributed by atoms with Gasteiger partial charge >= 0.3 is 0 Å². The van der Waals surface area contributed by atoms with Crippen LogP contribution in [-0.2, 0) is 0 Å². The van der Waals surface area contributed by atoms with Crippen LogP contribution in [0.25, 0.3) is 16.5 Å². The molecule has 12 nitrogen and oxygen atoms in total. The third-order valence-electron chi connectivity index (χ3n) is 9.37. The predicted molar refractivity (Wildman–Crippen MR) is 219 cm³/mol. The molecule has 2 fully saturated rings. The van der Waals surface area contributed by atoms with Gasteiger partial charge in [-0.2, -0.15) is 4.98 Å².